The lowest BCUT2D eigenvalue weighted by molar-refractivity contribution is -0.145. The first-order valence-electron chi connectivity index (χ1n) is 12.6. The number of nitrogens with one attached hydrogen (secondary N) is 2. The van der Waals surface area contributed by atoms with Crippen LogP contribution >= 0.6 is 0 Å². The number of halogens is 1. The average Bonchev–Trinajstić information content (AvgIpc) is 3.52. The summed E-state index contributed by atoms with van der Waals surface area (Å²) in [6.07, 6.45) is 0. The van der Waals surface area contributed by atoms with Gasteiger partial charge in [0.05, 0.1) is 18.8 Å². The topological polar surface area (TPSA) is 107 Å². The van der Waals surface area contributed by atoms with Crippen molar-refractivity contribution in [2.24, 2.45) is 0 Å². The standard InChI is InChI=1S/C27H34FN7O3/c1-18(2)29-11-12-30-25(36)16-34(24-13-20(9-10-23(24)28)27-31-19(3)38-32-27)17-26(37)33(4)35-14-21-7-5-6-8-22(21)15-35/h5-10,13,18,29H,11-12,14-17H2,1-4H3,(H,30,36). The predicted molar refractivity (Wildman–Crippen MR) is 141 cm³/mol. The summed E-state index contributed by atoms with van der Waals surface area (Å²) in [6.45, 7) is 7.51. The normalized spacial score (nSPS) is 13.0. The number of aromatic nitrogens is 2. The second kappa shape index (κ2) is 12.1. The molecular weight excluding hydrogens is 489 g/mol. The van der Waals surface area contributed by atoms with E-state index in [0.717, 1.165) is 11.1 Å². The Labute approximate surface area is 221 Å². The van der Waals surface area contributed by atoms with Crippen LogP contribution in [-0.4, -0.2) is 71.2 Å². The van der Waals surface area contributed by atoms with Crippen molar-refractivity contribution in [2.45, 2.75) is 39.9 Å². The highest BCUT2D eigenvalue weighted by Crippen LogP contribution is 2.27. The van der Waals surface area contributed by atoms with Crippen molar-refractivity contribution in [1.82, 2.24) is 30.8 Å². The molecule has 0 spiro atoms. The highest BCUT2D eigenvalue weighted by molar-refractivity contribution is 5.86. The van der Waals surface area contributed by atoms with Gasteiger partial charge in [-0.15, -0.1) is 0 Å². The number of hydrogen-bond acceptors (Lipinski definition) is 8. The molecule has 2 N–H and O–H groups in total. The van der Waals surface area contributed by atoms with Crippen LogP contribution in [-0.2, 0) is 22.7 Å². The molecule has 2 amide bonds. The van der Waals surface area contributed by atoms with Crippen LogP contribution in [0.3, 0.4) is 0 Å². The largest absolute Gasteiger partial charge is 0.353 e. The number of fused-ring (bicyclic) bond motifs is 1. The Morgan fingerprint density at radius 3 is 2.45 bits per heavy atom. The molecule has 0 bridgehead atoms. The molecule has 2 heterocycles. The summed E-state index contributed by atoms with van der Waals surface area (Å²) in [6, 6.07) is 12.7. The quantitative estimate of drug-likeness (QED) is 0.369. The minimum atomic E-state index is -0.563. The molecule has 0 atom stereocenters. The number of likely N-dealkylation sites (N-methyl/N-ethyl adjacent to an activating group) is 1. The van der Waals surface area contributed by atoms with Crippen LogP contribution in [0.15, 0.2) is 47.0 Å². The minimum absolute atomic E-state index is 0.104. The van der Waals surface area contributed by atoms with Crippen LogP contribution in [0.1, 0.15) is 30.9 Å². The molecule has 10 nitrogen and oxygen atoms in total. The van der Waals surface area contributed by atoms with Gasteiger partial charge in [0.2, 0.25) is 17.6 Å². The Balaban J connectivity index is 1.52. The molecular formula is C27H34FN7O3. The Kier molecular flexibility index (Phi) is 8.70. The molecule has 4 rings (SSSR count). The van der Waals surface area contributed by atoms with Gasteiger partial charge in [0.25, 0.3) is 5.91 Å². The molecule has 1 aliphatic heterocycles. The number of hydrazine groups is 1. The van der Waals surface area contributed by atoms with Crippen molar-refractivity contribution in [3.63, 3.8) is 0 Å². The van der Waals surface area contributed by atoms with Crippen molar-refractivity contribution in [3.05, 3.63) is 65.3 Å². The van der Waals surface area contributed by atoms with Crippen LogP contribution in [0, 0.1) is 12.7 Å². The van der Waals surface area contributed by atoms with Crippen LogP contribution in [0.25, 0.3) is 11.4 Å². The van der Waals surface area contributed by atoms with E-state index in [1.165, 1.54) is 23.1 Å². The van der Waals surface area contributed by atoms with Crippen LogP contribution in [0.5, 0.6) is 0 Å². The number of nitrogens with zero attached hydrogens (tertiary/aromatic N) is 5. The highest BCUT2D eigenvalue weighted by Gasteiger charge is 2.27. The maximum absolute atomic E-state index is 15.1. The Hall–Kier alpha value is -3.83. The molecule has 11 heteroatoms. The van der Waals surface area contributed by atoms with E-state index in [1.54, 1.807) is 19.0 Å². The molecule has 38 heavy (non-hydrogen) atoms. The van der Waals surface area contributed by atoms with Gasteiger partial charge in [-0.25, -0.2) is 9.40 Å². The first-order valence-corrected chi connectivity index (χ1v) is 12.6. The first-order chi connectivity index (χ1) is 18.2. The van der Waals surface area contributed by atoms with Gasteiger partial charge < -0.3 is 20.1 Å². The van der Waals surface area contributed by atoms with Crippen molar-refractivity contribution in [1.29, 1.82) is 0 Å². The number of benzene rings is 2. The van der Waals surface area contributed by atoms with Gasteiger partial charge in [-0.1, -0.05) is 43.3 Å². The van der Waals surface area contributed by atoms with Crippen molar-refractivity contribution >= 4 is 17.5 Å². The van der Waals surface area contributed by atoms with Gasteiger partial charge >= 0.3 is 0 Å². The van der Waals surface area contributed by atoms with E-state index in [-0.39, 0.29) is 30.6 Å². The first kappa shape index (κ1) is 27.2. The number of amides is 2. The number of carbonyl (C=O) groups is 2. The Morgan fingerprint density at radius 2 is 1.82 bits per heavy atom. The fourth-order valence-corrected chi connectivity index (χ4v) is 4.28. The zero-order chi connectivity index (χ0) is 27.2. The monoisotopic (exact) mass is 523 g/mol. The van der Waals surface area contributed by atoms with Gasteiger partial charge in [-0.3, -0.25) is 14.6 Å². The average molecular weight is 524 g/mol. The third-order valence-corrected chi connectivity index (χ3v) is 6.34. The van der Waals surface area contributed by atoms with Crippen LogP contribution in [0.4, 0.5) is 10.1 Å². The Morgan fingerprint density at radius 1 is 1.11 bits per heavy atom. The highest BCUT2D eigenvalue weighted by atomic mass is 19.1. The molecule has 2 aromatic carbocycles. The molecule has 0 saturated carbocycles. The molecule has 0 aliphatic carbocycles. The summed E-state index contributed by atoms with van der Waals surface area (Å²) in [7, 11) is 1.69. The number of hydrogen-bond donors (Lipinski definition) is 2. The molecule has 202 valence electrons. The summed E-state index contributed by atoms with van der Waals surface area (Å²) in [5.41, 5.74) is 2.94. The third kappa shape index (κ3) is 6.73. The summed E-state index contributed by atoms with van der Waals surface area (Å²) in [5.74, 6) is -0.480. The maximum atomic E-state index is 15.1. The van der Waals surface area contributed by atoms with Crippen molar-refractivity contribution in [3.8, 4) is 11.4 Å². The molecule has 0 radical (unpaired) electrons. The number of aryl methyl sites for hydroxylation is 1. The van der Waals surface area contributed by atoms with Crippen molar-refractivity contribution < 1.29 is 18.5 Å². The Bertz CT molecular complexity index is 1250. The lowest BCUT2D eigenvalue weighted by atomic mass is 10.1. The van der Waals surface area contributed by atoms with E-state index in [2.05, 4.69) is 20.8 Å². The zero-order valence-corrected chi connectivity index (χ0v) is 22.2. The summed E-state index contributed by atoms with van der Waals surface area (Å²) in [4.78, 5) is 31.9. The van der Waals surface area contributed by atoms with E-state index in [0.29, 0.717) is 49.5 Å². The molecule has 0 unspecified atom stereocenters. The minimum Gasteiger partial charge on any atom is -0.353 e. The lowest BCUT2D eigenvalue weighted by Gasteiger charge is -2.31. The van der Waals surface area contributed by atoms with Crippen LogP contribution < -0.4 is 15.5 Å². The second-order valence-corrected chi connectivity index (χ2v) is 9.63. The van der Waals surface area contributed by atoms with E-state index in [9.17, 15) is 9.59 Å². The smallest absolute Gasteiger partial charge is 0.256 e. The van der Waals surface area contributed by atoms with Gasteiger partial charge in [-0.05, 0) is 29.3 Å². The van der Waals surface area contributed by atoms with Crippen LogP contribution in [0.2, 0.25) is 0 Å². The molecule has 1 aliphatic rings. The molecule has 0 fully saturated rings. The van der Waals surface area contributed by atoms with Gasteiger partial charge in [0.15, 0.2) is 0 Å². The lowest BCUT2D eigenvalue weighted by Crippen LogP contribution is -2.48. The second-order valence-electron chi connectivity index (χ2n) is 9.63. The molecule has 1 aromatic heterocycles. The number of anilines is 1. The van der Waals surface area contributed by atoms with E-state index in [4.69, 9.17) is 4.52 Å². The van der Waals surface area contributed by atoms with Gasteiger partial charge in [-0.2, -0.15) is 4.98 Å². The zero-order valence-electron chi connectivity index (χ0n) is 22.2. The molecule has 0 saturated heterocycles. The van der Waals surface area contributed by atoms with Gasteiger partial charge in [0, 0.05) is 51.8 Å². The number of carbonyl (C=O) groups excluding carboxylic acids is 2. The molecule has 3 aromatic rings. The van der Waals surface area contributed by atoms with Gasteiger partial charge in [0.1, 0.15) is 5.82 Å². The summed E-state index contributed by atoms with van der Waals surface area (Å²) in [5, 5.41) is 13.4. The third-order valence-electron chi connectivity index (χ3n) is 6.34. The predicted octanol–water partition coefficient (Wildman–Crippen LogP) is 2.49. The summed E-state index contributed by atoms with van der Waals surface area (Å²) < 4.78 is 20.2. The SMILES string of the molecule is Cc1nc(-c2ccc(F)c(N(CC(=O)NCCNC(C)C)CC(=O)N(C)N3Cc4ccccc4C3)c2)no1. The number of rotatable bonds is 11. The fourth-order valence-electron chi connectivity index (χ4n) is 4.28. The summed E-state index contributed by atoms with van der Waals surface area (Å²) >= 11 is 0. The van der Waals surface area contributed by atoms with E-state index >= 15 is 4.39 Å². The van der Waals surface area contributed by atoms with E-state index in [1.807, 2.05) is 43.1 Å². The van der Waals surface area contributed by atoms with E-state index < -0.39 is 5.82 Å². The van der Waals surface area contributed by atoms with Crippen molar-refractivity contribution in [2.75, 3.05) is 38.1 Å². The maximum Gasteiger partial charge on any atom is 0.256 e. The fraction of sp³-hybridized carbons (Fsp3) is 0.407.